The second kappa shape index (κ2) is 5.23. The topological polar surface area (TPSA) is 38.9 Å². The van der Waals surface area contributed by atoms with E-state index in [0.29, 0.717) is 12.0 Å². The lowest BCUT2D eigenvalue weighted by Gasteiger charge is -2.14. The molecule has 0 saturated heterocycles. The summed E-state index contributed by atoms with van der Waals surface area (Å²) < 4.78 is 26.3. The maximum Gasteiger partial charge on any atom is 0.129 e. The van der Waals surface area contributed by atoms with E-state index in [0.717, 1.165) is 17.2 Å². The number of halogens is 2. The third-order valence-electron chi connectivity index (χ3n) is 2.93. The number of hydrogen-bond donors (Lipinski definition) is 1. The maximum atomic E-state index is 13.5. The zero-order valence-electron chi connectivity index (χ0n) is 10.0. The van der Waals surface area contributed by atoms with Gasteiger partial charge in [-0.05, 0) is 42.2 Å². The first-order valence-electron chi connectivity index (χ1n) is 5.68. The van der Waals surface area contributed by atoms with E-state index in [1.165, 1.54) is 12.1 Å². The molecule has 18 heavy (non-hydrogen) atoms. The highest BCUT2D eigenvalue weighted by molar-refractivity contribution is 5.28. The molecule has 2 aromatic rings. The normalized spacial score (nSPS) is 12.4. The molecule has 1 heterocycles. The number of nitrogens with two attached hydrogens (primary N) is 1. The Balaban J connectivity index is 2.21. The Hall–Kier alpha value is -1.81. The quantitative estimate of drug-likeness (QED) is 0.907. The fraction of sp³-hybridized carbons (Fsp3) is 0.214. The van der Waals surface area contributed by atoms with Crippen molar-refractivity contribution >= 4 is 0 Å². The Morgan fingerprint density at radius 3 is 2.72 bits per heavy atom. The van der Waals surface area contributed by atoms with Gasteiger partial charge in [-0.25, -0.2) is 8.78 Å². The predicted octanol–water partition coefficient (Wildman–Crippen LogP) is 2.91. The first-order valence-corrected chi connectivity index (χ1v) is 5.68. The van der Waals surface area contributed by atoms with Crippen LogP contribution < -0.4 is 5.73 Å². The van der Waals surface area contributed by atoms with Crippen LogP contribution in [-0.2, 0) is 6.42 Å². The molecule has 0 aliphatic carbocycles. The summed E-state index contributed by atoms with van der Waals surface area (Å²) in [4.78, 5) is 4.01. The molecule has 0 spiro atoms. The van der Waals surface area contributed by atoms with Gasteiger partial charge in [-0.2, -0.15) is 0 Å². The van der Waals surface area contributed by atoms with Gasteiger partial charge in [0.25, 0.3) is 0 Å². The molecule has 94 valence electrons. The molecule has 0 aliphatic rings. The molecule has 1 aromatic heterocycles. The first-order chi connectivity index (χ1) is 8.58. The van der Waals surface area contributed by atoms with E-state index < -0.39 is 11.6 Å². The van der Waals surface area contributed by atoms with Crippen LogP contribution in [0.4, 0.5) is 8.78 Å². The van der Waals surface area contributed by atoms with Gasteiger partial charge in [0.05, 0.1) is 0 Å². The molecule has 1 aromatic carbocycles. The molecule has 0 amide bonds. The molecule has 0 bridgehead atoms. The average molecular weight is 248 g/mol. The minimum absolute atomic E-state index is 0.318. The zero-order valence-corrected chi connectivity index (χ0v) is 10.0. The van der Waals surface area contributed by atoms with E-state index in [4.69, 9.17) is 5.73 Å². The van der Waals surface area contributed by atoms with Crippen molar-refractivity contribution in [3.05, 3.63) is 65.0 Å². The largest absolute Gasteiger partial charge is 0.324 e. The fourth-order valence-corrected chi connectivity index (χ4v) is 1.90. The highest BCUT2D eigenvalue weighted by Crippen LogP contribution is 2.20. The minimum Gasteiger partial charge on any atom is -0.324 e. The van der Waals surface area contributed by atoms with Crippen LogP contribution in [-0.4, -0.2) is 4.98 Å². The summed E-state index contributed by atoms with van der Waals surface area (Å²) in [6.07, 6.45) is 3.68. The van der Waals surface area contributed by atoms with E-state index >= 15 is 0 Å². The van der Waals surface area contributed by atoms with Gasteiger partial charge in [0.15, 0.2) is 0 Å². The second-order valence-electron chi connectivity index (χ2n) is 4.28. The molecule has 1 atom stereocenters. The minimum atomic E-state index is -0.581. The maximum absolute atomic E-state index is 13.5. The van der Waals surface area contributed by atoms with Gasteiger partial charge < -0.3 is 5.73 Å². The Labute approximate surface area is 104 Å². The number of hydrogen-bond acceptors (Lipinski definition) is 2. The van der Waals surface area contributed by atoms with E-state index in [1.807, 2.05) is 13.0 Å². The molecule has 4 heteroatoms. The standard InChI is InChI=1S/C14H14F2N2/c1-9-4-5-18-8-12(9)14(17)6-10-2-3-11(15)7-13(10)16/h2-5,7-8,14H,6,17H2,1H3. The summed E-state index contributed by atoms with van der Waals surface area (Å²) in [6, 6.07) is 5.05. The van der Waals surface area contributed by atoms with Gasteiger partial charge in [0, 0.05) is 24.5 Å². The van der Waals surface area contributed by atoms with Crippen LogP contribution in [0.25, 0.3) is 0 Å². The molecule has 0 radical (unpaired) electrons. The molecule has 2 N–H and O–H groups in total. The van der Waals surface area contributed by atoms with Crippen LogP contribution in [0, 0.1) is 18.6 Å². The summed E-state index contributed by atoms with van der Waals surface area (Å²) in [5.41, 5.74) is 8.33. The average Bonchev–Trinajstić information content (AvgIpc) is 2.33. The lowest BCUT2D eigenvalue weighted by Crippen LogP contribution is -2.15. The van der Waals surface area contributed by atoms with Gasteiger partial charge in [0.2, 0.25) is 0 Å². The number of benzene rings is 1. The highest BCUT2D eigenvalue weighted by atomic mass is 19.1. The molecule has 2 rings (SSSR count). The SMILES string of the molecule is Cc1ccncc1C(N)Cc1ccc(F)cc1F. The molecule has 2 nitrogen and oxygen atoms in total. The van der Waals surface area contributed by atoms with E-state index in [2.05, 4.69) is 4.98 Å². The van der Waals surface area contributed by atoms with Gasteiger partial charge in [0.1, 0.15) is 11.6 Å². The van der Waals surface area contributed by atoms with Crippen molar-refractivity contribution < 1.29 is 8.78 Å². The predicted molar refractivity (Wildman–Crippen MR) is 66.0 cm³/mol. The van der Waals surface area contributed by atoms with Crippen LogP contribution >= 0.6 is 0 Å². The van der Waals surface area contributed by atoms with Crippen molar-refractivity contribution in [1.82, 2.24) is 4.98 Å². The van der Waals surface area contributed by atoms with Crippen molar-refractivity contribution in [2.24, 2.45) is 5.73 Å². The summed E-state index contributed by atoms with van der Waals surface area (Å²) in [7, 11) is 0. The Bertz CT molecular complexity index is 555. The summed E-state index contributed by atoms with van der Waals surface area (Å²) in [5.74, 6) is -1.14. The summed E-state index contributed by atoms with van der Waals surface area (Å²) in [6.45, 7) is 1.93. The fourth-order valence-electron chi connectivity index (χ4n) is 1.90. The lowest BCUT2D eigenvalue weighted by molar-refractivity contribution is 0.562. The Morgan fingerprint density at radius 1 is 1.28 bits per heavy atom. The van der Waals surface area contributed by atoms with Gasteiger partial charge in [-0.15, -0.1) is 0 Å². The second-order valence-corrected chi connectivity index (χ2v) is 4.28. The summed E-state index contributed by atoms with van der Waals surface area (Å²) in [5, 5.41) is 0. The molecule has 1 unspecified atom stereocenters. The number of pyridine rings is 1. The van der Waals surface area contributed by atoms with Crippen molar-refractivity contribution in [1.29, 1.82) is 0 Å². The van der Waals surface area contributed by atoms with E-state index in [9.17, 15) is 8.78 Å². The van der Waals surface area contributed by atoms with E-state index in [-0.39, 0.29) is 6.04 Å². The van der Waals surface area contributed by atoms with Gasteiger partial charge >= 0.3 is 0 Å². The Kier molecular flexibility index (Phi) is 3.67. The van der Waals surface area contributed by atoms with Crippen molar-refractivity contribution in [2.75, 3.05) is 0 Å². The number of aryl methyl sites for hydroxylation is 1. The van der Waals surface area contributed by atoms with Crippen molar-refractivity contribution in [3.63, 3.8) is 0 Å². The van der Waals surface area contributed by atoms with Crippen LogP contribution in [0.5, 0.6) is 0 Å². The van der Waals surface area contributed by atoms with Crippen LogP contribution in [0.3, 0.4) is 0 Å². The monoisotopic (exact) mass is 248 g/mol. The zero-order chi connectivity index (χ0) is 13.1. The highest BCUT2D eigenvalue weighted by Gasteiger charge is 2.13. The number of aromatic nitrogens is 1. The number of nitrogens with zero attached hydrogens (tertiary/aromatic N) is 1. The lowest BCUT2D eigenvalue weighted by atomic mass is 9.97. The van der Waals surface area contributed by atoms with Crippen molar-refractivity contribution in [2.45, 2.75) is 19.4 Å². The van der Waals surface area contributed by atoms with Crippen LogP contribution in [0.15, 0.2) is 36.7 Å². The smallest absolute Gasteiger partial charge is 0.129 e. The first kappa shape index (κ1) is 12.6. The van der Waals surface area contributed by atoms with Crippen molar-refractivity contribution in [3.8, 4) is 0 Å². The molecule has 0 fully saturated rings. The van der Waals surface area contributed by atoms with Gasteiger partial charge in [-0.3, -0.25) is 4.98 Å². The van der Waals surface area contributed by atoms with Crippen LogP contribution in [0.1, 0.15) is 22.7 Å². The third-order valence-corrected chi connectivity index (χ3v) is 2.93. The molecule has 0 aliphatic heterocycles. The molecular formula is C14H14F2N2. The molecule has 0 saturated carbocycles. The summed E-state index contributed by atoms with van der Waals surface area (Å²) >= 11 is 0. The third kappa shape index (κ3) is 2.71. The molecular weight excluding hydrogens is 234 g/mol. The van der Waals surface area contributed by atoms with Crippen LogP contribution in [0.2, 0.25) is 0 Å². The number of rotatable bonds is 3. The Morgan fingerprint density at radius 2 is 2.06 bits per heavy atom. The van der Waals surface area contributed by atoms with E-state index in [1.54, 1.807) is 12.4 Å². The van der Waals surface area contributed by atoms with Gasteiger partial charge in [-0.1, -0.05) is 6.07 Å².